The van der Waals surface area contributed by atoms with E-state index in [0.29, 0.717) is 23.9 Å². The van der Waals surface area contributed by atoms with Gasteiger partial charge in [0.25, 0.3) is 0 Å². The second-order valence-corrected chi connectivity index (χ2v) is 7.32. The van der Waals surface area contributed by atoms with Crippen molar-refractivity contribution in [2.45, 2.75) is 35.8 Å². The molecule has 1 N–H and O–H groups in total. The predicted molar refractivity (Wildman–Crippen MR) is 89.3 cm³/mol. The molecule has 1 fully saturated rings. The summed E-state index contributed by atoms with van der Waals surface area (Å²) >= 11 is 2.99. The first-order chi connectivity index (χ1) is 10.8. The van der Waals surface area contributed by atoms with Gasteiger partial charge in [-0.1, -0.05) is 35.2 Å². The summed E-state index contributed by atoms with van der Waals surface area (Å²) in [5.74, 6) is 1.12. The Morgan fingerprint density at radius 3 is 3.05 bits per heavy atom. The molecule has 1 unspecified atom stereocenters. The minimum Gasteiger partial charge on any atom is -0.492 e. The summed E-state index contributed by atoms with van der Waals surface area (Å²) in [7, 11) is 0. The lowest BCUT2D eigenvalue weighted by atomic mass is 10.3. The zero-order valence-electron chi connectivity index (χ0n) is 12.2. The lowest BCUT2D eigenvalue weighted by Crippen LogP contribution is -2.07. The van der Waals surface area contributed by atoms with Crippen LogP contribution >= 0.6 is 23.1 Å². The van der Waals surface area contributed by atoms with Crippen LogP contribution in [0.2, 0.25) is 0 Å². The highest BCUT2D eigenvalue weighted by Gasteiger charge is 2.26. The van der Waals surface area contributed by atoms with Crippen LogP contribution in [0.4, 0.5) is 10.8 Å². The zero-order chi connectivity index (χ0) is 15.4. The highest BCUT2D eigenvalue weighted by molar-refractivity contribution is 8.02. The summed E-state index contributed by atoms with van der Waals surface area (Å²) in [5, 5.41) is 12.3. The van der Waals surface area contributed by atoms with Gasteiger partial charge in [0.15, 0.2) is 4.34 Å². The SMILES string of the molecule is CCOc1ccccc1Nc1nnc(SC2CCCC2=O)s1. The van der Waals surface area contributed by atoms with Gasteiger partial charge in [-0.25, -0.2) is 0 Å². The van der Waals surface area contributed by atoms with E-state index < -0.39 is 0 Å². The van der Waals surface area contributed by atoms with Crippen LogP contribution < -0.4 is 10.1 Å². The molecule has 116 valence electrons. The third-order valence-electron chi connectivity index (χ3n) is 3.33. The van der Waals surface area contributed by atoms with Gasteiger partial charge in [-0.15, -0.1) is 10.2 Å². The van der Waals surface area contributed by atoms with Crippen molar-refractivity contribution in [2.75, 3.05) is 11.9 Å². The first kappa shape index (κ1) is 15.3. The summed E-state index contributed by atoms with van der Waals surface area (Å²) in [6.45, 7) is 2.56. The van der Waals surface area contributed by atoms with E-state index in [1.165, 1.54) is 23.1 Å². The smallest absolute Gasteiger partial charge is 0.210 e. The maximum atomic E-state index is 11.7. The number of ether oxygens (including phenoxy) is 1. The zero-order valence-corrected chi connectivity index (χ0v) is 13.9. The summed E-state index contributed by atoms with van der Waals surface area (Å²) in [6, 6.07) is 7.74. The average Bonchev–Trinajstić information content (AvgIpc) is 3.12. The van der Waals surface area contributed by atoms with Crippen molar-refractivity contribution in [1.82, 2.24) is 10.2 Å². The van der Waals surface area contributed by atoms with E-state index in [1.807, 2.05) is 31.2 Å². The van der Waals surface area contributed by atoms with Crippen LogP contribution in [0.1, 0.15) is 26.2 Å². The normalized spacial score (nSPS) is 17.7. The number of nitrogens with one attached hydrogen (secondary N) is 1. The van der Waals surface area contributed by atoms with E-state index in [-0.39, 0.29) is 5.25 Å². The summed E-state index contributed by atoms with van der Waals surface area (Å²) in [4.78, 5) is 11.7. The molecule has 0 amide bonds. The third-order valence-corrected chi connectivity index (χ3v) is 5.57. The van der Waals surface area contributed by atoms with Crippen LogP contribution in [0.3, 0.4) is 0 Å². The Kier molecular flexibility index (Phi) is 4.94. The molecule has 5 nitrogen and oxygen atoms in total. The molecule has 1 atom stereocenters. The molecule has 1 aliphatic carbocycles. The number of Topliss-reactive ketones (excluding diaryl/α,β-unsaturated/α-hetero) is 1. The van der Waals surface area contributed by atoms with Crippen LogP contribution in [-0.4, -0.2) is 27.8 Å². The molecule has 2 aromatic rings. The standard InChI is InChI=1S/C15H17N3O2S2/c1-2-20-12-8-4-3-6-10(12)16-14-17-18-15(22-14)21-13-9-5-7-11(13)19/h3-4,6,8,13H,2,5,7,9H2,1H3,(H,16,17). The number of hydrogen-bond acceptors (Lipinski definition) is 7. The van der Waals surface area contributed by atoms with Gasteiger partial charge in [0.05, 0.1) is 17.5 Å². The maximum absolute atomic E-state index is 11.7. The fraction of sp³-hybridized carbons (Fsp3) is 0.400. The molecule has 1 aromatic heterocycles. The number of carbonyl (C=O) groups excluding carboxylic acids is 1. The monoisotopic (exact) mass is 335 g/mol. The van der Waals surface area contributed by atoms with Gasteiger partial charge in [0.1, 0.15) is 11.5 Å². The number of carbonyl (C=O) groups is 1. The van der Waals surface area contributed by atoms with Gasteiger partial charge in [-0.2, -0.15) is 0 Å². The van der Waals surface area contributed by atoms with Crippen molar-refractivity contribution < 1.29 is 9.53 Å². The first-order valence-electron chi connectivity index (χ1n) is 7.28. The summed E-state index contributed by atoms with van der Waals surface area (Å²) in [5.41, 5.74) is 0.869. The van der Waals surface area contributed by atoms with Crippen molar-refractivity contribution >= 4 is 39.7 Å². The molecule has 0 radical (unpaired) electrons. The Bertz CT molecular complexity index is 660. The van der Waals surface area contributed by atoms with Crippen LogP contribution in [0.5, 0.6) is 5.75 Å². The van der Waals surface area contributed by atoms with E-state index in [4.69, 9.17) is 4.74 Å². The number of aromatic nitrogens is 2. The Labute approximate surface area is 137 Å². The molecule has 0 bridgehead atoms. The van der Waals surface area contributed by atoms with Crippen molar-refractivity contribution in [3.8, 4) is 5.75 Å². The molecule has 1 aliphatic rings. The van der Waals surface area contributed by atoms with Gasteiger partial charge >= 0.3 is 0 Å². The van der Waals surface area contributed by atoms with Crippen molar-refractivity contribution in [2.24, 2.45) is 0 Å². The van der Waals surface area contributed by atoms with Gasteiger partial charge in [0, 0.05) is 6.42 Å². The van der Waals surface area contributed by atoms with E-state index >= 15 is 0 Å². The fourth-order valence-electron chi connectivity index (χ4n) is 2.30. The van der Waals surface area contributed by atoms with E-state index in [0.717, 1.165) is 28.6 Å². The van der Waals surface area contributed by atoms with Crippen LogP contribution in [-0.2, 0) is 4.79 Å². The highest BCUT2D eigenvalue weighted by atomic mass is 32.2. The minimum absolute atomic E-state index is 0.0523. The molecule has 1 heterocycles. The van der Waals surface area contributed by atoms with E-state index in [1.54, 1.807) is 0 Å². The van der Waals surface area contributed by atoms with Crippen LogP contribution in [0, 0.1) is 0 Å². The minimum atomic E-state index is 0.0523. The molecule has 0 saturated heterocycles. The molecule has 3 rings (SSSR count). The van der Waals surface area contributed by atoms with E-state index in [2.05, 4.69) is 15.5 Å². The number of rotatable bonds is 6. The Morgan fingerprint density at radius 1 is 1.41 bits per heavy atom. The third kappa shape index (κ3) is 3.59. The van der Waals surface area contributed by atoms with Crippen molar-refractivity contribution in [3.05, 3.63) is 24.3 Å². The lowest BCUT2D eigenvalue weighted by molar-refractivity contribution is -0.116. The largest absolute Gasteiger partial charge is 0.492 e. The Balaban J connectivity index is 1.68. The molecular weight excluding hydrogens is 318 g/mol. The van der Waals surface area contributed by atoms with Gasteiger partial charge < -0.3 is 10.1 Å². The number of anilines is 2. The number of thioether (sulfide) groups is 1. The molecule has 1 aromatic carbocycles. The van der Waals surface area contributed by atoms with Gasteiger partial charge in [-0.3, -0.25) is 4.79 Å². The fourth-order valence-corrected chi connectivity index (χ4v) is 4.44. The number of ketones is 1. The number of nitrogens with zero attached hydrogens (tertiary/aromatic N) is 2. The first-order valence-corrected chi connectivity index (χ1v) is 8.97. The maximum Gasteiger partial charge on any atom is 0.210 e. The van der Waals surface area contributed by atoms with E-state index in [9.17, 15) is 4.79 Å². The summed E-state index contributed by atoms with van der Waals surface area (Å²) in [6.07, 6.45) is 2.63. The quantitative estimate of drug-likeness (QED) is 0.864. The van der Waals surface area contributed by atoms with Crippen LogP contribution in [0.15, 0.2) is 28.6 Å². The number of para-hydroxylation sites is 2. The van der Waals surface area contributed by atoms with Crippen molar-refractivity contribution in [1.29, 1.82) is 0 Å². The van der Waals surface area contributed by atoms with Gasteiger partial charge in [-0.05, 0) is 31.9 Å². The molecule has 22 heavy (non-hydrogen) atoms. The predicted octanol–water partition coefficient (Wildman–Crippen LogP) is 3.89. The highest BCUT2D eigenvalue weighted by Crippen LogP contribution is 2.36. The molecule has 7 heteroatoms. The lowest BCUT2D eigenvalue weighted by Gasteiger charge is -2.09. The molecule has 1 saturated carbocycles. The number of hydrogen-bond donors (Lipinski definition) is 1. The average molecular weight is 335 g/mol. The molecule has 0 aliphatic heterocycles. The van der Waals surface area contributed by atoms with Crippen LogP contribution in [0.25, 0.3) is 0 Å². The second-order valence-electron chi connectivity index (χ2n) is 4.89. The Hall–Kier alpha value is -1.60. The van der Waals surface area contributed by atoms with Gasteiger partial charge in [0.2, 0.25) is 5.13 Å². The number of benzene rings is 1. The molecule has 0 spiro atoms. The second kappa shape index (κ2) is 7.11. The molecular formula is C15H17N3O2S2. The summed E-state index contributed by atoms with van der Waals surface area (Å²) < 4.78 is 6.41. The Morgan fingerprint density at radius 2 is 2.27 bits per heavy atom. The van der Waals surface area contributed by atoms with Crippen molar-refractivity contribution in [3.63, 3.8) is 0 Å². The topological polar surface area (TPSA) is 64.1 Å².